The molecule has 21 heavy (non-hydrogen) atoms. The van der Waals surface area contributed by atoms with Crippen molar-refractivity contribution in [3.05, 3.63) is 17.7 Å². The number of fused-ring (bicyclic) bond motifs is 1. The van der Waals surface area contributed by atoms with E-state index in [0.29, 0.717) is 11.9 Å². The minimum Gasteiger partial charge on any atom is -0.384 e. The van der Waals surface area contributed by atoms with Crippen LogP contribution < -0.4 is 10.6 Å². The highest BCUT2D eigenvalue weighted by molar-refractivity contribution is 5.50. The highest BCUT2D eigenvalue weighted by Crippen LogP contribution is 2.34. The summed E-state index contributed by atoms with van der Waals surface area (Å²) >= 11 is 0. The molecule has 0 spiro atoms. The summed E-state index contributed by atoms with van der Waals surface area (Å²) in [4.78, 5) is 8.49. The van der Waals surface area contributed by atoms with Crippen molar-refractivity contribution in [3.63, 3.8) is 0 Å². The predicted octanol–water partition coefficient (Wildman–Crippen LogP) is 2.36. The number of rotatable bonds is 1. The van der Waals surface area contributed by atoms with E-state index >= 15 is 0 Å². The zero-order valence-electron chi connectivity index (χ0n) is 11.9. The lowest BCUT2D eigenvalue weighted by atomic mass is 10.1. The summed E-state index contributed by atoms with van der Waals surface area (Å²) in [6.45, 7) is 4.69. The van der Waals surface area contributed by atoms with Gasteiger partial charge in [-0.1, -0.05) is 0 Å². The molecule has 2 aliphatic heterocycles. The van der Waals surface area contributed by atoms with Crippen LogP contribution in [0.1, 0.15) is 25.3 Å². The van der Waals surface area contributed by atoms with Gasteiger partial charge < -0.3 is 10.6 Å². The standard InChI is InChI=1S/C14H19F3N4/c1-9-7-20-4-2-3-11(20)8-21(9)13-6-10(14(15,16)17)5-12(18)19-13/h5-6,9,11H,2-4,7-8H2,1H3,(H2,18,19). The molecular formula is C14H19F3N4. The molecule has 1 aromatic heterocycles. The summed E-state index contributed by atoms with van der Waals surface area (Å²) in [6.07, 6.45) is -2.15. The van der Waals surface area contributed by atoms with Crippen LogP contribution in [0.25, 0.3) is 0 Å². The summed E-state index contributed by atoms with van der Waals surface area (Å²) in [5.74, 6) is 0.252. The van der Waals surface area contributed by atoms with Gasteiger partial charge in [0.25, 0.3) is 0 Å². The summed E-state index contributed by atoms with van der Waals surface area (Å²) < 4.78 is 38.8. The van der Waals surface area contributed by atoms with Crippen molar-refractivity contribution in [2.24, 2.45) is 0 Å². The molecule has 3 rings (SSSR count). The van der Waals surface area contributed by atoms with Crippen molar-refractivity contribution in [2.45, 2.75) is 38.0 Å². The fourth-order valence-corrected chi connectivity index (χ4v) is 3.35. The third-order valence-corrected chi connectivity index (χ3v) is 4.39. The first-order valence-corrected chi connectivity index (χ1v) is 7.20. The van der Waals surface area contributed by atoms with Crippen LogP contribution in [-0.4, -0.2) is 41.6 Å². The molecule has 0 saturated carbocycles. The monoisotopic (exact) mass is 300 g/mol. The van der Waals surface area contributed by atoms with E-state index in [1.54, 1.807) is 0 Å². The molecule has 2 fully saturated rings. The zero-order chi connectivity index (χ0) is 15.2. The molecule has 116 valence electrons. The second-order valence-electron chi connectivity index (χ2n) is 5.93. The fraction of sp³-hybridized carbons (Fsp3) is 0.643. The number of alkyl halides is 3. The first-order valence-electron chi connectivity index (χ1n) is 7.20. The molecular weight excluding hydrogens is 281 g/mol. The number of hydrogen-bond donors (Lipinski definition) is 1. The van der Waals surface area contributed by atoms with E-state index in [9.17, 15) is 13.2 Å². The number of anilines is 2. The van der Waals surface area contributed by atoms with Crippen LogP contribution in [0.15, 0.2) is 12.1 Å². The van der Waals surface area contributed by atoms with Crippen molar-refractivity contribution >= 4 is 11.6 Å². The first kappa shape index (κ1) is 14.4. The molecule has 0 radical (unpaired) electrons. The Balaban J connectivity index is 1.90. The lowest BCUT2D eigenvalue weighted by Crippen LogP contribution is -2.55. The topological polar surface area (TPSA) is 45.4 Å². The van der Waals surface area contributed by atoms with E-state index in [1.165, 1.54) is 0 Å². The second kappa shape index (κ2) is 5.05. The molecule has 0 aliphatic carbocycles. The highest BCUT2D eigenvalue weighted by Gasteiger charge is 2.37. The van der Waals surface area contributed by atoms with Gasteiger partial charge in [-0.25, -0.2) is 4.98 Å². The van der Waals surface area contributed by atoms with E-state index in [4.69, 9.17) is 5.73 Å². The van der Waals surface area contributed by atoms with Crippen LogP contribution in [-0.2, 0) is 6.18 Å². The molecule has 2 atom stereocenters. The van der Waals surface area contributed by atoms with E-state index in [1.807, 2.05) is 11.8 Å². The van der Waals surface area contributed by atoms with Crippen molar-refractivity contribution < 1.29 is 13.2 Å². The largest absolute Gasteiger partial charge is 0.416 e. The van der Waals surface area contributed by atoms with Gasteiger partial charge in [0.05, 0.1) is 5.56 Å². The van der Waals surface area contributed by atoms with E-state index in [2.05, 4.69) is 9.88 Å². The van der Waals surface area contributed by atoms with Gasteiger partial charge in [0, 0.05) is 25.2 Å². The minimum absolute atomic E-state index is 0.0825. The lowest BCUT2D eigenvalue weighted by molar-refractivity contribution is -0.137. The lowest BCUT2D eigenvalue weighted by Gasteiger charge is -2.43. The van der Waals surface area contributed by atoms with E-state index in [-0.39, 0.29) is 11.9 Å². The normalized spacial score (nSPS) is 27.0. The maximum atomic E-state index is 12.9. The molecule has 0 bridgehead atoms. The summed E-state index contributed by atoms with van der Waals surface area (Å²) in [5, 5.41) is 0. The van der Waals surface area contributed by atoms with Crippen LogP contribution in [0.4, 0.5) is 24.8 Å². The third kappa shape index (κ3) is 2.79. The molecule has 7 heteroatoms. The molecule has 1 aromatic rings. The Bertz CT molecular complexity index is 531. The van der Waals surface area contributed by atoms with Crippen LogP contribution in [0.5, 0.6) is 0 Å². The maximum Gasteiger partial charge on any atom is 0.416 e. The van der Waals surface area contributed by atoms with Gasteiger partial charge in [0.1, 0.15) is 11.6 Å². The number of piperazine rings is 1. The molecule has 4 nitrogen and oxygen atoms in total. The summed E-state index contributed by atoms with van der Waals surface area (Å²) in [6, 6.07) is 2.55. The molecule has 0 amide bonds. The average molecular weight is 300 g/mol. The van der Waals surface area contributed by atoms with Crippen LogP contribution in [0, 0.1) is 0 Å². The number of nitrogens with zero attached hydrogens (tertiary/aromatic N) is 3. The zero-order valence-corrected chi connectivity index (χ0v) is 11.9. The summed E-state index contributed by atoms with van der Waals surface area (Å²) in [7, 11) is 0. The number of nitrogens with two attached hydrogens (primary N) is 1. The Morgan fingerprint density at radius 3 is 2.76 bits per heavy atom. The van der Waals surface area contributed by atoms with Gasteiger partial charge in [0.2, 0.25) is 0 Å². The van der Waals surface area contributed by atoms with Crippen LogP contribution in [0.3, 0.4) is 0 Å². The van der Waals surface area contributed by atoms with Gasteiger partial charge in [-0.15, -0.1) is 0 Å². The Hall–Kier alpha value is -1.50. The van der Waals surface area contributed by atoms with Crippen molar-refractivity contribution in [1.29, 1.82) is 0 Å². The van der Waals surface area contributed by atoms with E-state index < -0.39 is 11.7 Å². The first-order chi connectivity index (χ1) is 9.84. The number of aromatic nitrogens is 1. The van der Waals surface area contributed by atoms with Crippen LogP contribution in [0.2, 0.25) is 0 Å². The van der Waals surface area contributed by atoms with Crippen molar-refractivity contribution in [2.75, 3.05) is 30.3 Å². The van der Waals surface area contributed by atoms with Crippen molar-refractivity contribution in [1.82, 2.24) is 9.88 Å². The van der Waals surface area contributed by atoms with Gasteiger partial charge in [0.15, 0.2) is 0 Å². The molecule has 2 N–H and O–H groups in total. The van der Waals surface area contributed by atoms with Crippen LogP contribution >= 0.6 is 0 Å². The average Bonchev–Trinajstić information content (AvgIpc) is 2.83. The maximum absolute atomic E-state index is 12.9. The van der Waals surface area contributed by atoms with Gasteiger partial charge >= 0.3 is 6.18 Å². The Kier molecular flexibility index (Phi) is 3.47. The Morgan fingerprint density at radius 1 is 1.29 bits per heavy atom. The molecule has 0 aromatic carbocycles. The summed E-state index contributed by atoms with van der Waals surface area (Å²) in [5.41, 5.74) is 4.84. The smallest absolute Gasteiger partial charge is 0.384 e. The SMILES string of the molecule is CC1CN2CCCC2CN1c1cc(C(F)(F)F)cc(N)n1. The van der Waals surface area contributed by atoms with E-state index in [0.717, 1.165) is 44.6 Å². The third-order valence-electron chi connectivity index (χ3n) is 4.39. The number of halogens is 3. The fourth-order valence-electron chi connectivity index (χ4n) is 3.35. The second-order valence-corrected chi connectivity index (χ2v) is 5.93. The Labute approximate surface area is 121 Å². The van der Waals surface area contributed by atoms with Gasteiger partial charge in [-0.3, -0.25) is 4.90 Å². The molecule has 2 saturated heterocycles. The highest BCUT2D eigenvalue weighted by atomic mass is 19.4. The van der Waals surface area contributed by atoms with Crippen molar-refractivity contribution in [3.8, 4) is 0 Å². The minimum atomic E-state index is -4.40. The quantitative estimate of drug-likeness (QED) is 0.865. The van der Waals surface area contributed by atoms with Gasteiger partial charge in [-0.2, -0.15) is 13.2 Å². The predicted molar refractivity (Wildman–Crippen MR) is 75.1 cm³/mol. The number of pyridine rings is 1. The number of hydrogen-bond acceptors (Lipinski definition) is 4. The Morgan fingerprint density at radius 2 is 2.05 bits per heavy atom. The molecule has 2 aliphatic rings. The van der Waals surface area contributed by atoms with Gasteiger partial charge in [-0.05, 0) is 38.4 Å². The molecule has 2 unspecified atom stereocenters. The number of nitrogen functional groups attached to an aromatic ring is 1. The molecule has 3 heterocycles.